The van der Waals surface area contributed by atoms with Crippen LogP contribution in [0.25, 0.3) is 0 Å². The summed E-state index contributed by atoms with van der Waals surface area (Å²) >= 11 is 0. The largest absolute Gasteiger partial charge is 0.103 e. The van der Waals surface area contributed by atoms with Crippen LogP contribution in [0.4, 0.5) is 0 Å². The Kier molecular flexibility index (Phi) is 2.55. The molecule has 0 N–H and O–H groups in total. The van der Waals surface area contributed by atoms with Gasteiger partial charge in [0.05, 0.1) is 0 Å². The summed E-state index contributed by atoms with van der Waals surface area (Å²) in [6.07, 6.45) is 11.5. The Morgan fingerprint density at radius 3 is 2.71 bits per heavy atom. The van der Waals surface area contributed by atoms with E-state index in [1.165, 1.54) is 32.1 Å². The SMILES string of the molecule is C=CC1(C(C)C2CC=C(C)CC2)CC1. The first-order valence-electron chi connectivity index (χ1n) is 5.97. The summed E-state index contributed by atoms with van der Waals surface area (Å²) in [7, 11) is 0. The number of allylic oxidation sites excluding steroid dienone is 3. The highest BCUT2D eigenvalue weighted by molar-refractivity contribution is 5.12. The zero-order chi connectivity index (χ0) is 10.2. The van der Waals surface area contributed by atoms with Gasteiger partial charge in [0.25, 0.3) is 0 Å². The van der Waals surface area contributed by atoms with Gasteiger partial charge in [-0.2, -0.15) is 0 Å². The van der Waals surface area contributed by atoms with Gasteiger partial charge < -0.3 is 0 Å². The van der Waals surface area contributed by atoms with E-state index < -0.39 is 0 Å². The van der Waals surface area contributed by atoms with Crippen molar-refractivity contribution in [3.05, 3.63) is 24.3 Å². The fourth-order valence-electron chi connectivity index (χ4n) is 2.90. The first-order chi connectivity index (χ1) is 6.68. The van der Waals surface area contributed by atoms with Crippen molar-refractivity contribution in [3.63, 3.8) is 0 Å². The van der Waals surface area contributed by atoms with Gasteiger partial charge >= 0.3 is 0 Å². The van der Waals surface area contributed by atoms with E-state index in [4.69, 9.17) is 0 Å². The normalized spacial score (nSPS) is 31.9. The average molecular weight is 190 g/mol. The van der Waals surface area contributed by atoms with E-state index in [9.17, 15) is 0 Å². The van der Waals surface area contributed by atoms with Crippen LogP contribution in [0.5, 0.6) is 0 Å². The van der Waals surface area contributed by atoms with Crippen molar-refractivity contribution in [1.29, 1.82) is 0 Å². The summed E-state index contributed by atoms with van der Waals surface area (Å²) in [5, 5.41) is 0. The lowest BCUT2D eigenvalue weighted by Gasteiger charge is -2.31. The molecule has 2 rings (SSSR count). The fraction of sp³-hybridized carbons (Fsp3) is 0.714. The predicted octanol–water partition coefficient (Wildman–Crippen LogP) is 4.34. The van der Waals surface area contributed by atoms with Crippen molar-refractivity contribution in [2.75, 3.05) is 0 Å². The van der Waals surface area contributed by atoms with Crippen molar-refractivity contribution in [2.24, 2.45) is 17.3 Å². The van der Waals surface area contributed by atoms with Crippen LogP contribution in [0, 0.1) is 17.3 Å². The van der Waals surface area contributed by atoms with E-state index in [0.29, 0.717) is 5.41 Å². The summed E-state index contributed by atoms with van der Waals surface area (Å²) in [6, 6.07) is 0. The summed E-state index contributed by atoms with van der Waals surface area (Å²) < 4.78 is 0. The lowest BCUT2D eigenvalue weighted by Crippen LogP contribution is -2.22. The minimum absolute atomic E-state index is 0.531. The molecule has 78 valence electrons. The highest BCUT2D eigenvalue weighted by Crippen LogP contribution is 2.56. The minimum Gasteiger partial charge on any atom is -0.103 e. The first kappa shape index (κ1) is 10.0. The Balaban J connectivity index is 1.99. The Labute approximate surface area is 88.1 Å². The molecule has 0 aliphatic heterocycles. The number of rotatable bonds is 3. The second-order valence-corrected chi connectivity index (χ2v) is 5.31. The fourth-order valence-corrected chi connectivity index (χ4v) is 2.90. The second-order valence-electron chi connectivity index (χ2n) is 5.31. The van der Waals surface area contributed by atoms with E-state index in [-0.39, 0.29) is 0 Å². The van der Waals surface area contributed by atoms with Crippen molar-refractivity contribution < 1.29 is 0 Å². The van der Waals surface area contributed by atoms with Gasteiger partial charge in [-0.3, -0.25) is 0 Å². The maximum absolute atomic E-state index is 4.01. The molecule has 2 aliphatic rings. The standard InChI is InChI=1S/C14H22/c1-4-14(9-10-14)12(3)13-7-5-11(2)6-8-13/h4-5,12-13H,1,6-10H2,2-3H3. The Morgan fingerprint density at radius 1 is 1.57 bits per heavy atom. The summed E-state index contributed by atoms with van der Waals surface area (Å²) in [5.74, 6) is 1.77. The molecule has 2 unspecified atom stereocenters. The zero-order valence-corrected chi connectivity index (χ0v) is 9.55. The molecule has 0 nitrogen and oxygen atoms in total. The van der Waals surface area contributed by atoms with Crippen LogP contribution in [-0.4, -0.2) is 0 Å². The van der Waals surface area contributed by atoms with Crippen LogP contribution in [0.15, 0.2) is 24.3 Å². The van der Waals surface area contributed by atoms with E-state index >= 15 is 0 Å². The Morgan fingerprint density at radius 2 is 2.29 bits per heavy atom. The molecule has 0 aromatic carbocycles. The molecular formula is C14H22. The van der Waals surface area contributed by atoms with Crippen LogP contribution in [0.1, 0.15) is 46.0 Å². The van der Waals surface area contributed by atoms with Crippen molar-refractivity contribution in [1.82, 2.24) is 0 Å². The summed E-state index contributed by atoms with van der Waals surface area (Å²) in [6.45, 7) is 8.71. The van der Waals surface area contributed by atoms with Gasteiger partial charge in [-0.05, 0) is 56.3 Å². The topological polar surface area (TPSA) is 0 Å². The van der Waals surface area contributed by atoms with Crippen LogP contribution < -0.4 is 0 Å². The lowest BCUT2D eigenvalue weighted by atomic mass is 9.74. The van der Waals surface area contributed by atoms with Gasteiger partial charge in [-0.15, -0.1) is 6.58 Å². The molecule has 0 amide bonds. The quantitative estimate of drug-likeness (QED) is 0.581. The highest BCUT2D eigenvalue weighted by atomic mass is 14.5. The van der Waals surface area contributed by atoms with Crippen LogP contribution in [-0.2, 0) is 0 Å². The zero-order valence-electron chi connectivity index (χ0n) is 9.55. The van der Waals surface area contributed by atoms with Gasteiger partial charge in [0.2, 0.25) is 0 Å². The van der Waals surface area contributed by atoms with Gasteiger partial charge in [-0.25, -0.2) is 0 Å². The molecule has 0 spiro atoms. The molecule has 0 heteroatoms. The monoisotopic (exact) mass is 190 g/mol. The van der Waals surface area contributed by atoms with E-state index in [0.717, 1.165) is 11.8 Å². The number of hydrogen-bond acceptors (Lipinski definition) is 0. The third-order valence-electron chi connectivity index (χ3n) is 4.53. The van der Waals surface area contributed by atoms with Crippen LogP contribution in [0.3, 0.4) is 0 Å². The summed E-state index contributed by atoms with van der Waals surface area (Å²) in [5.41, 5.74) is 2.13. The average Bonchev–Trinajstić information content (AvgIpc) is 2.99. The maximum Gasteiger partial charge on any atom is -0.00919 e. The number of hydrogen-bond donors (Lipinski definition) is 0. The second kappa shape index (κ2) is 3.56. The van der Waals surface area contributed by atoms with Crippen LogP contribution >= 0.6 is 0 Å². The van der Waals surface area contributed by atoms with Gasteiger partial charge in [0.1, 0.15) is 0 Å². The molecular weight excluding hydrogens is 168 g/mol. The third kappa shape index (κ3) is 1.67. The van der Waals surface area contributed by atoms with Crippen molar-refractivity contribution in [3.8, 4) is 0 Å². The molecule has 0 heterocycles. The molecule has 0 radical (unpaired) electrons. The van der Waals surface area contributed by atoms with Gasteiger partial charge in [-0.1, -0.05) is 24.6 Å². The molecule has 2 aliphatic carbocycles. The highest BCUT2D eigenvalue weighted by Gasteiger charge is 2.46. The Hall–Kier alpha value is -0.520. The van der Waals surface area contributed by atoms with Crippen molar-refractivity contribution in [2.45, 2.75) is 46.0 Å². The third-order valence-corrected chi connectivity index (χ3v) is 4.53. The van der Waals surface area contributed by atoms with Gasteiger partial charge in [0.15, 0.2) is 0 Å². The molecule has 1 fully saturated rings. The van der Waals surface area contributed by atoms with Crippen molar-refractivity contribution >= 4 is 0 Å². The van der Waals surface area contributed by atoms with Crippen LogP contribution in [0.2, 0.25) is 0 Å². The molecule has 0 bridgehead atoms. The van der Waals surface area contributed by atoms with Gasteiger partial charge in [0, 0.05) is 0 Å². The molecule has 1 saturated carbocycles. The van der Waals surface area contributed by atoms with E-state index in [2.05, 4.69) is 32.6 Å². The maximum atomic E-state index is 4.01. The van der Waals surface area contributed by atoms with E-state index in [1.54, 1.807) is 5.57 Å². The first-order valence-corrected chi connectivity index (χ1v) is 5.97. The summed E-state index contributed by atoms with van der Waals surface area (Å²) in [4.78, 5) is 0. The molecule has 0 saturated heterocycles. The minimum atomic E-state index is 0.531. The Bertz CT molecular complexity index is 255. The molecule has 0 aromatic heterocycles. The molecule has 14 heavy (non-hydrogen) atoms. The lowest BCUT2D eigenvalue weighted by molar-refractivity contribution is 0.248. The van der Waals surface area contributed by atoms with E-state index in [1.807, 2.05) is 0 Å². The smallest absolute Gasteiger partial charge is 0.00919 e. The molecule has 0 aromatic rings. The molecule has 2 atom stereocenters. The predicted molar refractivity (Wildman–Crippen MR) is 62.1 cm³/mol.